The Morgan fingerprint density at radius 2 is 0.935 bits per heavy atom. The molecule has 0 saturated carbocycles. The largest absolute Gasteiger partial charge is 0.277 e. The van der Waals surface area contributed by atoms with Gasteiger partial charge in [-0.2, -0.15) is 4.58 Å². The molecule has 8 aliphatic rings. The molecule has 2 aromatic heterocycles. The van der Waals surface area contributed by atoms with Crippen molar-refractivity contribution in [3.63, 3.8) is 0 Å². The molecule has 0 fully saturated rings. The predicted octanol–water partition coefficient (Wildman–Crippen LogP) is 11.3. The number of allylic oxidation sites excluding steroid dienone is 10. The quantitative estimate of drug-likeness (QED) is 0.109. The van der Waals surface area contributed by atoms with Crippen molar-refractivity contribution in [2.75, 3.05) is 0 Å². The number of hydrogen-bond acceptors (Lipinski definition) is 3. The van der Waals surface area contributed by atoms with Crippen LogP contribution >= 0.6 is 0 Å². The Hall–Kier alpha value is -7.96. The van der Waals surface area contributed by atoms with E-state index >= 15 is 0 Å². The maximum Gasteiger partial charge on any atom is 0.277 e. The number of benzene rings is 8. The van der Waals surface area contributed by atoms with Gasteiger partial charge in [-0.25, -0.2) is 14.1 Å². The molecule has 3 unspecified atom stereocenters. The second-order valence-electron chi connectivity index (χ2n) is 18.5. The summed E-state index contributed by atoms with van der Waals surface area (Å²) in [5, 5.41) is 19.7. The standard InChI is InChI=1S/C56H29N6/c1-56-60-50-44-32-14-2-8-26-20-21-27-9-3-15-33(39(27)38(26)32)45(44)51(60)58-53-48-36-18-6-12-30-24-25-31-13-7-19-37(43(31)42(30)36)49(48)55(62(53)56)59-54-47-35-17-5-11-29-23-22-28-10-4-16-34(40(28)41(29)35)46(47)52(57-50)61(54)56/h2-25,38-39H,1H3/q+1. The van der Waals surface area contributed by atoms with E-state index in [1.165, 1.54) is 109 Å². The van der Waals surface area contributed by atoms with E-state index < -0.39 is 5.79 Å². The Bertz CT molecular complexity index is 4500. The first-order chi connectivity index (χ1) is 30.7. The van der Waals surface area contributed by atoms with Gasteiger partial charge in [0.25, 0.3) is 17.5 Å². The highest BCUT2D eigenvalue weighted by molar-refractivity contribution is 6.38. The molecule has 0 spiro atoms. The van der Waals surface area contributed by atoms with Crippen molar-refractivity contribution in [2.45, 2.75) is 12.7 Å². The van der Waals surface area contributed by atoms with Crippen molar-refractivity contribution < 1.29 is 4.58 Å². The number of amidine groups is 2. The zero-order valence-electron chi connectivity index (χ0n) is 33.2. The number of rotatable bonds is 0. The second-order valence-corrected chi connectivity index (χ2v) is 18.5. The van der Waals surface area contributed by atoms with Crippen molar-refractivity contribution in [3.05, 3.63) is 190 Å². The normalized spacial score (nSPS) is 23.1. The predicted molar refractivity (Wildman–Crippen MR) is 249 cm³/mol. The van der Waals surface area contributed by atoms with E-state index in [9.17, 15) is 0 Å². The highest BCUT2D eigenvalue weighted by atomic mass is 15.6. The van der Waals surface area contributed by atoms with Crippen LogP contribution in [0.3, 0.4) is 0 Å². The third-order valence-corrected chi connectivity index (χ3v) is 16.0. The second kappa shape index (κ2) is 9.34. The Morgan fingerprint density at radius 3 is 1.47 bits per heavy atom. The monoisotopic (exact) mass is 785 g/mol. The number of aromatic nitrogens is 2. The van der Waals surface area contributed by atoms with Gasteiger partial charge in [-0.1, -0.05) is 156 Å². The summed E-state index contributed by atoms with van der Waals surface area (Å²) in [6, 6.07) is 36.3. The van der Waals surface area contributed by atoms with Crippen molar-refractivity contribution in [1.29, 1.82) is 0 Å². The smallest absolute Gasteiger partial charge is 0.240 e. The van der Waals surface area contributed by atoms with Crippen LogP contribution in [-0.4, -0.2) is 25.4 Å². The molecule has 4 aliphatic carbocycles. The molecule has 4 aliphatic heterocycles. The van der Waals surface area contributed by atoms with E-state index in [0.717, 1.165) is 45.1 Å². The lowest BCUT2D eigenvalue weighted by atomic mass is 9.60. The lowest BCUT2D eigenvalue weighted by Crippen LogP contribution is -2.62. The summed E-state index contributed by atoms with van der Waals surface area (Å²) < 4.78 is 7.48. The van der Waals surface area contributed by atoms with Crippen LogP contribution in [0.1, 0.15) is 6.92 Å². The van der Waals surface area contributed by atoms with E-state index in [1.807, 2.05) is 0 Å². The zero-order valence-corrected chi connectivity index (χ0v) is 33.2. The Labute approximate surface area is 351 Å². The van der Waals surface area contributed by atoms with Gasteiger partial charge in [0.05, 0.1) is 21.9 Å². The number of aliphatic imine (C=N–C) groups is 1. The molecule has 0 N–H and O–H groups in total. The minimum absolute atomic E-state index is 0.210. The molecule has 3 atom stereocenters. The van der Waals surface area contributed by atoms with Gasteiger partial charge in [-0.3, -0.25) is 0 Å². The Kier molecular flexibility index (Phi) is 4.54. The first-order valence-corrected chi connectivity index (χ1v) is 21.8. The third-order valence-electron chi connectivity index (χ3n) is 16.0. The van der Waals surface area contributed by atoms with Gasteiger partial charge in [0.2, 0.25) is 11.3 Å². The summed E-state index contributed by atoms with van der Waals surface area (Å²) in [4.78, 5) is 18.0. The van der Waals surface area contributed by atoms with Crippen LogP contribution in [0.15, 0.2) is 194 Å². The average Bonchev–Trinajstić information content (AvgIpc) is 3.96. The van der Waals surface area contributed by atoms with Crippen molar-refractivity contribution in [1.82, 2.24) is 9.13 Å². The fourth-order valence-electron chi connectivity index (χ4n) is 13.8. The molecular weight excluding hydrogens is 757 g/mol. The van der Waals surface area contributed by atoms with E-state index in [1.54, 1.807) is 0 Å². The fraction of sp³-hybridized carbons (Fsp3) is 0.0714. The fourth-order valence-corrected chi connectivity index (χ4v) is 13.8. The molecule has 6 heterocycles. The van der Waals surface area contributed by atoms with Crippen LogP contribution in [-0.2, 0) is 5.79 Å². The number of hydrogen-bond donors (Lipinski definition) is 0. The van der Waals surface area contributed by atoms with E-state index in [2.05, 4.69) is 166 Å². The summed E-state index contributed by atoms with van der Waals surface area (Å²) in [6.07, 6.45) is 18.5. The van der Waals surface area contributed by atoms with Crippen LogP contribution in [0.4, 0.5) is 11.6 Å². The van der Waals surface area contributed by atoms with Gasteiger partial charge in [0.1, 0.15) is 0 Å². The Balaban J connectivity index is 1.14. The molecular formula is C56H29N6+. The topological polar surface area (TPSA) is 49.9 Å². The average molecular weight is 786 g/mol. The van der Waals surface area contributed by atoms with Gasteiger partial charge >= 0.3 is 0 Å². The number of fused-ring (bicyclic) bond motifs is 14. The molecule has 18 rings (SSSR count). The molecule has 62 heavy (non-hydrogen) atoms. The van der Waals surface area contributed by atoms with Crippen molar-refractivity contribution in [3.8, 4) is 0 Å². The maximum absolute atomic E-state index is 6.00. The molecule has 0 amide bonds. The summed E-state index contributed by atoms with van der Waals surface area (Å²) >= 11 is 0. The summed E-state index contributed by atoms with van der Waals surface area (Å²) in [6.45, 7) is 2.41. The lowest BCUT2D eigenvalue weighted by Gasteiger charge is -2.41. The molecule has 8 aromatic carbocycles. The first kappa shape index (κ1) is 30.1. The van der Waals surface area contributed by atoms with Gasteiger partial charge in [-0.15, -0.1) is 0 Å². The van der Waals surface area contributed by atoms with Crippen molar-refractivity contribution in [2.24, 2.45) is 26.8 Å². The maximum atomic E-state index is 6.00. The summed E-state index contributed by atoms with van der Waals surface area (Å²) in [5.74, 6) is 3.48. The first-order valence-electron chi connectivity index (χ1n) is 21.8. The molecule has 282 valence electrons. The molecule has 6 nitrogen and oxygen atoms in total. The molecule has 0 saturated heterocycles. The molecule has 0 bridgehead atoms. The van der Waals surface area contributed by atoms with E-state index in [-0.39, 0.29) is 11.8 Å². The minimum Gasteiger partial charge on any atom is -0.240 e. The van der Waals surface area contributed by atoms with E-state index in [4.69, 9.17) is 15.0 Å². The zero-order chi connectivity index (χ0) is 39.6. The van der Waals surface area contributed by atoms with Crippen LogP contribution in [0.25, 0.3) is 86.2 Å². The number of nitrogens with zero attached hydrogens (tertiary/aromatic N) is 6. The van der Waals surface area contributed by atoms with Crippen molar-refractivity contribution >= 4 is 109 Å². The van der Waals surface area contributed by atoms with Gasteiger partial charge in [-0.05, 0) is 86.9 Å². The van der Waals surface area contributed by atoms with Crippen LogP contribution in [0.5, 0.6) is 0 Å². The molecule has 6 heteroatoms. The van der Waals surface area contributed by atoms with Gasteiger partial charge < -0.3 is 0 Å². The minimum atomic E-state index is -0.822. The van der Waals surface area contributed by atoms with Crippen LogP contribution < -0.4 is 11.0 Å². The highest BCUT2D eigenvalue weighted by Gasteiger charge is 2.61. The van der Waals surface area contributed by atoms with Crippen LogP contribution in [0, 0.1) is 11.8 Å². The summed E-state index contributed by atoms with van der Waals surface area (Å²) in [5.41, 5.74) is 9.73. The lowest BCUT2D eigenvalue weighted by molar-refractivity contribution is -0.550. The Morgan fingerprint density at radius 1 is 0.468 bits per heavy atom. The van der Waals surface area contributed by atoms with Crippen LogP contribution in [0.2, 0.25) is 0 Å². The van der Waals surface area contributed by atoms with Gasteiger partial charge in [0, 0.05) is 29.5 Å². The van der Waals surface area contributed by atoms with Gasteiger partial charge in [0.15, 0.2) is 11.3 Å². The molecule has 10 aromatic rings. The van der Waals surface area contributed by atoms with E-state index in [0.29, 0.717) is 0 Å². The highest BCUT2D eigenvalue weighted by Crippen LogP contribution is 2.59. The third kappa shape index (κ3) is 2.88. The SMILES string of the molecule is CC12n3c4c5c6cccc7ccc8cccc(c5c3N=c3c5c9cccc%10ccc%11cccc(c5c(n31)=NC1=[N+]2C(=N4)C2=C1C1=CC=CC3=CC=C4C=CC=C2C4C31)c%11c%109)c8c76. The summed E-state index contributed by atoms with van der Waals surface area (Å²) in [7, 11) is 0. The molecule has 0 radical (unpaired) electrons.